The number of carbonyl (C=O) groups is 1. The Morgan fingerprint density at radius 2 is 2.06 bits per heavy atom. The molecule has 3 N–H and O–H groups in total. The van der Waals surface area contributed by atoms with E-state index in [0.717, 1.165) is 61.6 Å². The van der Waals surface area contributed by atoms with Crippen LogP contribution in [0.2, 0.25) is 0 Å². The Balaban J connectivity index is 1.60. The molecule has 2 aromatic heterocycles. The van der Waals surface area contributed by atoms with Gasteiger partial charge in [-0.3, -0.25) is 4.79 Å². The minimum atomic E-state index is -0.766. The minimum absolute atomic E-state index is 0.0100. The quantitative estimate of drug-likeness (QED) is 0.555. The van der Waals surface area contributed by atoms with Crippen molar-refractivity contribution in [3.63, 3.8) is 0 Å². The number of anilines is 3. The summed E-state index contributed by atoms with van der Waals surface area (Å²) in [5, 5.41) is 7.33. The fourth-order valence-electron chi connectivity index (χ4n) is 4.03. The number of aryl methyl sites for hydroxylation is 1. The molecule has 3 aromatic rings. The molecule has 8 nitrogen and oxygen atoms in total. The molecule has 4 rings (SSSR count). The summed E-state index contributed by atoms with van der Waals surface area (Å²) in [4.78, 5) is 19.4. The number of hydrogen-bond donors (Lipinski definition) is 2. The first-order valence-corrected chi connectivity index (χ1v) is 11.6. The summed E-state index contributed by atoms with van der Waals surface area (Å²) in [6, 6.07) is 3.54. The van der Waals surface area contributed by atoms with Gasteiger partial charge in [0.25, 0.3) is 5.91 Å². The number of nitrogens with two attached hydrogens (primary N) is 1. The largest absolute Gasteiger partial charge is 0.389 e. The van der Waals surface area contributed by atoms with Crippen LogP contribution in [-0.2, 0) is 11.3 Å². The van der Waals surface area contributed by atoms with Gasteiger partial charge in [-0.15, -0.1) is 0 Å². The maximum atomic E-state index is 14.2. The van der Waals surface area contributed by atoms with Crippen molar-refractivity contribution in [2.45, 2.75) is 38.8 Å². The molecule has 1 atom stereocenters. The summed E-state index contributed by atoms with van der Waals surface area (Å²) in [5.74, 6) is -1.29. The summed E-state index contributed by atoms with van der Waals surface area (Å²) in [5.41, 5.74) is 6.15. The average Bonchev–Trinajstić information content (AvgIpc) is 3.28. The van der Waals surface area contributed by atoms with Crippen molar-refractivity contribution in [3.05, 3.63) is 41.7 Å². The molecule has 0 bridgehead atoms. The maximum absolute atomic E-state index is 14.2. The van der Waals surface area contributed by atoms with Crippen LogP contribution in [0.1, 0.15) is 36.7 Å². The zero-order valence-corrected chi connectivity index (χ0v) is 19.3. The van der Waals surface area contributed by atoms with Crippen LogP contribution in [0.5, 0.6) is 0 Å². The third kappa shape index (κ3) is 4.69. The molecule has 3 heterocycles. The molecule has 1 saturated heterocycles. The maximum Gasteiger partial charge on any atom is 0.277 e. The molecule has 0 radical (unpaired) electrons. The highest BCUT2D eigenvalue weighted by atomic mass is 32.1. The van der Waals surface area contributed by atoms with Gasteiger partial charge in [0.2, 0.25) is 0 Å². The zero-order valence-electron chi connectivity index (χ0n) is 18.5. The Labute approximate surface area is 194 Å². The molecule has 1 fully saturated rings. The first-order valence-electron chi connectivity index (χ1n) is 10.8. The van der Waals surface area contributed by atoms with Crippen LogP contribution in [0, 0.1) is 11.6 Å². The predicted octanol–water partition coefficient (Wildman–Crippen LogP) is 4.14. The molecular weight excluding hydrogens is 450 g/mol. The number of nitrogens with zero attached hydrogens (tertiary/aromatic N) is 4. The van der Waals surface area contributed by atoms with Crippen LogP contribution < -0.4 is 16.0 Å². The number of rotatable bonds is 6. The van der Waals surface area contributed by atoms with E-state index in [1.165, 1.54) is 6.07 Å². The van der Waals surface area contributed by atoms with E-state index in [0.29, 0.717) is 12.2 Å². The predicted molar refractivity (Wildman–Crippen MR) is 125 cm³/mol. The van der Waals surface area contributed by atoms with Gasteiger partial charge in [0, 0.05) is 26.7 Å². The fraction of sp³-hybridized carbons (Fsp3) is 0.409. The topological polar surface area (TPSA) is 98.3 Å². The molecule has 1 aliphatic rings. The van der Waals surface area contributed by atoms with E-state index in [2.05, 4.69) is 20.3 Å². The number of amides is 1. The van der Waals surface area contributed by atoms with Crippen LogP contribution in [0.15, 0.2) is 24.4 Å². The number of carbonyl (C=O) groups excluding carboxylic acids is 1. The molecular formula is C22H26F2N6O2S. The van der Waals surface area contributed by atoms with Crippen molar-refractivity contribution in [1.29, 1.82) is 0 Å². The van der Waals surface area contributed by atoms with Gasteiger partial charge in [-0.1, -0.05) is 17.4 Å². The molecule has 1 amide bonds. The van der Waals surface area contributed by atoms with E-state index in [1.807, 2.05) is 11.6 Å². The fourth-order valence-corrected chi connectivity index (χ4v) is 4.91. The molecule has 0 saturated carbocycles. The minimum Gasteiger partial charge on any atom is -0.389 e. The molecule has 1 aliphatic heterocycles. The lowest BCUT2D eigenvalue weighted by Crippen LogP contribution is -2.28. The third-order valence-corrected chi connectivity index (χ3v) is 6.61. The summed E-state index contributed by atoms with van der Waals surface area (Å²) in [7, 11) is 1.72. The molecule has 1 aromatic carbocycles. The van der Waals surface area contributed by atoms with Crippen LogP contribution in [0.25, 0.3) is 10.6 Å². The number of ether oxygens (including phenoxy) is 1. The number of methoxy groups -OCH3 is 1. The van der Waals surface area contributed by atoms with Crippen molar-refractivity contribution < 1.29 is 18.3 Å². The van der Waals surface area contributed by atoms with Crippen molar-refractivity contribution in [2.75, 3.05) is 36.1 Å². The lowest BCUT2D eigenvalue weighted by molar-refractivity contribution is 0.0931. The highest BCUT2D eigenvalue weighted by Gasteiger charge is 2.26. The van der Waals surface area contributed by atoms with Gasteiger partial charge < -0.3 is 20.7 Å². The van der Waals surface area contributed by atoms with E-state index in [1.54, 1.807) is 13.3 Å². The van der Waals surface area contributed by atoms with E-state index >= 15 is 0 Å². The normalized spacial score (nSPS) is 16.6. The lowest BCUT2D eigenvalue weighted by Gasteiger charge is -2.24. The van der Waals surface area contributed by atoms with E-state index < -0.39 is 17.5 Å². The molecule has 176 valence electrons. The zero-order chi connectivity index (χ0) is 23.5. The van der Waals surface area contributed by atoms with E-state index in [-0.39, 0.29) is 27.4 Å². The van der Waals surface area contributed by atoms with Gasteiger partial charge in [-0.25, -0.2) is 18.4 Å². The Bertz CT molecular complexity index is 1130. The van der Waals surface area contributed by atoms with Crippen molar-refractivity contribution in [3.8, 4) is 10.6 Å². The Kier molecular flexibility index (Phi) is 6.89. The summed E-state index contributed by atoms with van der Waals surface area (Å²) < 4.78 is 35.7. The van der Waals surface area contributed by atoms with Gasteiger partial charge >= 0.3 is 0 Å². The first-order chi connectivity index (χ1) is 15.9. The molecule has 33 heavy (non-hydrogen) atoms. The van der Waals surface area contributed by atoms with Gasteiger partial charge in [0.1, 0.15) is 27.3 Å². The molecule has 11 heteroatoms. The summed E-state index contributed by atoms with van der Waals surface area (Å²) >= 11 is 0.863. The van der Waals surface area contributed by atoms with E-state index in [4.69, 9.17) is 10.5 Å². The Morgan fingerprint density at radius 3 is 2.76 bits per heavy atom. The Hall–Kier alpha value is -3.05. The number of thiazole rings is 1. The summed E-state index contributed by atoms with van der Waals surface area (Å²) in [6.07, 6.45) is 4.60. The highest BCUT2D eigenvalue weighted by molar-refractivity contribution is 7.19. The average molecular weight is 477 g/mol. The second kappa shape index (κ2) is 9.84. The van der Waals surface area contributed by atoms with Crippen molar-refractivity contribution in [2.24, 2.45) is 0 Å². The van der Waals surface area contributed by atoms with Crippen molar-refractivity contribution >= 4 is 33.8 Å². The second-order valence-corrected chi connectivity index (χ2v) is 8.79. The standard InChI is InChI=1S/C22H26F2N6O2S/c1-3-30-22(29-10-5-6-13(32-2)9-11-29)16(12-26-30)27-20(31)18-19(25)33-21(28-18)17-14(23)7-4-8-15(17)24/h4,7-8,12-13H,3,5-6,9-11,25H2,1-2H3,(H,27,31)/t13-/m0/s1. The Morgan fingerprint density at radius 1 is 1.30 bits per heavy atom. The SMILES string of the molecule is CCn1ncc(NC(=O)c2nc(-c3c(F)cccc3F)sc2N)c1N1CCC[C@H](OC)CC1. The molecule has 0 aliphatic carbocycles. The first kappa shape index (κ1) is 23.1. The van der Waals surface area contributed by atoms with Crippen LogP contribution >= 0.6 is 11.3 Å². The van der Waals surface area contributed by atoms with Crippen LogP contribution in [0.3, 0.4) is 0 Å². The third-order valence-electron chi connectivity index (χ3n) is 5.71. The van der Waals surface area contributed by atoms with Gasteiger partial charge in [0.05, 0.1) is 17.9 Å². The number of halogens is 2. The number of nitrogen functional groups attached to an aromatic ring is 1. The number of nitrogens with one attached hydrogen (secondary N) is 1. The molecule has 0 unspecified atom stereocenters. The second-order valence-electron chi connectivity index (χ2n) is 7.76. The lowest BCUT2D eigenvalue weighted by atomic mass is 10.2. The molecule has 0 spiro atoms. The van der Waals surface area contributed by atoms with Gasteiger partial charge in [-0.2, -0.15) is 5.10 Å². The van der Waals surface area contributed by atoms with Crippen LogP contribution in [-0.4, -0.2) is 47.0 Å². The van der Waals surface area contributed by atoms with Gasteiger partial charge in [-0.05, 0) is 38.3 Å². The number of benzene rings is 1. The van der Waals surface area contributed by atoms with Gasteiger partial charge in [0.15, 0.2) is 11.5 Å². The monoisotopic (exact) mass is 476 g/mol. The van der Waals surface area contributed by atoms with E-state index in [9.17, 15) is 13.6 Å². The number of aromatic nitrogens is 3. The van der Waals surface area contributed by atoms with Crippen LogP contribution in [0.4, 0.5) is 25.3 Å². The summed E-state index contributed by atoms with van der Waals surface area (Å²) in [6.45, 7) is 4.18. The number of hydrogen-bond acceptors (Lipinski definition) is 7. The highest BCUT2D eigenvalue weighted by Crippen LogP contribution is 2.35. The smallest absolute Gasteiger partial charge is 0.277 e. The van der Waals surface area contributed by atoms with Crippen molar-refractivity contribution in [1.82, 2.24) is 14.8 Å².